The Morgan fingerprint density at radius 3 is 2.81 bits per heavy atom. The molecule has 0 unspecified atom stereocenters. The van der Waals surface area contributed by atoms with Gasteiger partial charge in [0.15, 0.2) is 5.16 Å². The van der Waals surface area contributed by atoms with Crippen LogP contribution in [-0.2, 0) is 24.2 Å². The Bertz CT molecular complexity index is 752. The second-order valence-electron chi connectivity index (χ2n) is 6.27. The number of hydrogen-bond donors (Lipinski definition) is 1. The largest absolute Gasteiger partial charge is 0.435 e. The zero-order chi connectivity index (χ0) is 19.1. The van der Waals surface area contributed by atoms with Crippen molar-refractivity contribution in [2.75, 3.05) is 12.3 Å². The number of thioether (sulfide) groups is 1. The fraction of sp³-hybridized carbons (Fsp3) is 0.500. The van der Waals surface area contributed by atoms with Gasteiger partial charge in [0.05, 0.1) is 5.75 Å². The molecule has 6 nitrogen and oxygen atoms in total. The summed E-state index contributed by atoms with van der Waals surface area (Å²) in [7, 11) is 0. The van der Waals surface area contributed by atoms with E-state index in [0.717, 1.165) is 42.4 Å². The van der Waals surface area contributed by atoms with Crippen LogP contribution in [0.1, 0.15) is 30.7 Å². The van der Waals surface area contributed by atoms with Gasteiger partial charge in [-0.05, 0) is 37.0 Å². The molecule has 0 aliphatic carbocycles. The summed E-state index contributed by atoms with van der Waals surface area (Å²) in [5.41, 5.74) is 0.937. The SMILES string of the molecule is O=C(CSc1nnc2n1CCCCC2)NCCc1ccc(OC(F)F)cc1. The zero-order valence-corrected chi connectivity index (χ0v) is 15.7. The van der Waals surface area contributed by atoms with Crippen LogP contribution in [0.5, 0.6) is 5.75 Å². The number of aryl methyl sites for hydroxylation is 1. The van der Waals surface area contributed by atoms with Crippen LogP contribution in [0.4, 0.5) is 8.78 Å². The van der Waals surface area contributed by atoms with E-state index in [1.54, 1.807) is 12.1 Å². The summed E-state index contributed by atoms with van der Waals surface area (Å²) in [4.78, 5) is 12.0. The number of rotatable bonds is 8. The molecule has 2 aromatic rings. The highest BCUT2D eigenvalue weighted by Gasteiger charge is 2.16. The van der Waals surface area contributed by atoms with E-state index in [9.17, 15) is 13.6 Å². The molecular weight excluding hydrogens is 374 g/mol. The van der Waals surface area contributed by atoms with Crippen LogP contribution in [0.25, 0.3) is 0 Å². The number of nitrogens with one attached hydrogen (secondary N) is 1. The Morgan fingerprint density at radius 2 is 2.04 bits per heavy atom. The van der Waals surface area contributed by atoms with Crippen molar-refractivity contribution in [3.05, 3.63) is 35.7 Å². The summed E-state index contributed by atoms with van der Waals surface area (Å²) in [6, 6.07) is 6.42. The summed E-state index contributed by atoms with van der Waals surface area (Å²) in [6.45, 7) is -1.43. The third-order valence-electron chi connectivity index (χ3n) is 4.29. The molecular formula is C18H22F2N4O2S. The van der Waals surface area contributed by atoms with Gasteiger partial charge in [-0.2, -0.15) is 8.78 Å². The maximum absolute atomic E-state index is 12.1. The molecule has 0 atom stereocenters. The number of alkyl halides is 2. The summed E-state index contributed by atoms with van der Waals surface area (Å²) in [5, 5.41) is 12.1. The lowest BCUT2D eigenvalue weighted by atomic mass is 10.1. The first-order valence-corrected chi connectivity index (χ1v) is 9.96. The third-order valence-corrected chi connectivity index (χ3v) is 5.26. The summed E-state index contributed by atoms with van der Waals surface area (Å²) in [6.07, 6.45) is 5.01. The van der Waals surface area contributed by atoms with E-state index in [0.29, 0.717) is 18.7 Å². The van der Waals surface area contributed by atoms with E-state index in [4.69, 9.17) is 0 Å². The second-order valence-corrected chi connectivity index (χ2v) is 7.21. The van der Waals surface area contributed by atoms with Gasteiger partial charge in [0.1, 0.15) is 11.6 Å². The lowest BCUT2D eigenvalue weighted by Crippen LogP contribution is -2.27. The van der Waals surface area contributed by atoms with Gasteiger partial charge in [0.25, 0.3) is 0 Å². The van der Waals surface area contributed by atoms with Gasteiger partial charge in [-0.25, -0.2) is 0 Å². The van der Waals surface area contributed by atoms with E-state index >= 15 is 0 Å². The Balaban J connectivity index is 1.39. The lowest BCUT2D eigenvalue weighted by molar-refractivity contribution is -0.118. The van der Waals surface area contributed by atoms with Gasteiger partial charge in [0, 0.05) is 19.5 Å². The van der Waals surface area contributed by atoms with Gasteiger partial charge in [0.2, 0.25) is 5.91 Å². The maximum Gasteiger partial charge on any atom is 0.387 e. The molecule has 9 heteroatoms. The minimum Gasteiger partial charge on any atom is -0.435 e. The summed E-state index contributed by atoms with van der Waals surface area (Å²) < 4.78 is 30.7. The molecule has 0 spiro atoms. The molecule has 27 heavy (non-hydrogen) atoms. The monoisotopic (exact) mass is 396 g/mol. The van der Waals surface area contributed by atoms with Crippen LogP contribution in [-0.4, -0.2) is 39.6 Å². The van der Waals surface area contributed by atoms with Crippen LogP contribution >= 0.6 is 11.8 Å². The minimum atomic E-state index is -2.83. The van der Waals surface area contributed by atoms with Crippen LogP contribution in [0.2, 0.25) is 0 Å². The number of carbonyl (C=O) groups is 1. The highest BCUT2D eigenvalue weighted by Crippen LogP contribution is 2.21. The van der Waals surface area contributed by atoms with Crippen LogP contribution < -0.4 is 10.1 Å². The standard InChI is InChI=1S/C18H22F2N4O2S/c19-17(20)26-14-7-5-13(6-8-14)9-10-21-16(25)12-27-18-23-22-15-4-2-1-3-11-24(15)18/h5-8,17H,1-4,9-12H2,(H,21,25). The van der Waals surface area contributed by atoms with Crippen molar-refractivity contribution >= 4 is 17.7 Å². The Morgan fingerprint density at radius 1 is 1.22 bits per heavy atom. The first kappa shape index (κ1) is 19.6. The minimum absolute atomic E-state index is 0.0661. The van der Waals surface area contributed by atoms with Crippen LogP contribution in [0, 0.1) is 0 Å². The fourth-order valence-electron chi connectivity index (χ4n) is 2.93. The summed E-state index contributed by atoms with van der Waals surface area (Å²) in [5.74, 6) is 1.36. The number of aromatic nitrogens is 3. The Labute approximate surface area is 160 Å². The number of fused-ring (bicyclic) bond motifs is 1. The molecule has 0 bridgehead atoms. The molecule has 146 valence electrons. The quantitative estimate of drug-likeness (QED) is 0.695. The van der Waals surface area contributed by atoms with Gasteiger partial charge < -0.3 is 14.6 Å². The molecule has 1 aromatic heterocycles. The van der Waals surface area contributed by atoms with Gasteiger partial charge in [-0.3, -0.25) is 4.79 Å². The van der Waals surface area contributed by atoms with Crippen molar-refractivity contribution in [3.8, 4) is 5.75 Å². The van der Waals surface area contributed by atoms with E-state index in [1.807, 2.05) is 0 Å². The number of nitrogens with zero attached hydrogens (tertiary/aromatic N) is 3. The molecule has 2 heterocycles. The molecule has 0 saturated heterocycles. The number of ether oxygens (including phenoxy) is 1. The second kappa shape index (κ2) is 9.68. The van der Waals surface area contributed by atoms with Crippen LogP contribution in [0.15, 0.2) is 29.4 Å². The average Bonchev–Trinajstić information content (AvgIpc) is 2.87. The highest BCUT2D eigenvalue weighted by molar-refractivity contribution is 7.99. The third kappa shape index (κ3) is 5.92. The molecule has 1 N–H and O–H groups in total. The molecule has 0 radical (unpaired) electrons. The smallest absolute Gasteiger partial charge is 0.387 e. The normalized spacial score (nSPS) is 13.9. The van der Waals surface area contributed by atoms with E-state index in [2.05, 4.69) is 24.8 Å². The molecule has 1 aromatic carbocycles. The number of carbonyl (C=O) groups excluding carboxylic acids is 1. The molecule has 1 aliphatic rings. The van der Waals surface area contributed by atoms with E-state index in [1.165, 1.54) is 30.3 Å². The lowest BCUT2D eigenvalue weighted by Gasteiger charge is -2.08. The molecule has 0 fully saturated rings. The highest BCUT2D eigenvalue weighted by atomic mass is 32.2. The van der Waals surface area contributed by atoms with Crippen molar-refractivity contribution in [1.29, 1.82) is 0 Å². The van der Waals surface area contributed by atoms with Crippen molar-refractivity contribution in [3.63, 3.8) is 0 Å². The maximum atomic E-state index is 12.1. The number of halogens is 2. The molecule has 3 rings (SSSR count). The molecule has 1 amide bonds. The topological polar surface area (TPSA) is 69.0 Å². The Hall–Kier alpha value is -2.16. The fourth-order valence-corrected chi connectivity index (χ4v) is 3.74. The predicted octanol–water partition coefficient (Wildman–Crippen LogP) is 3.06. The predicted molar refractivity (Wildman–Crippen MR) is 98.1 cm³/mol. The first-order valence-electron chi connectivity index (χ1n) is 8.97. The average molecular weight is 396 g/mol. The number of hydrogen-bond acceptors (Lipinski definition) is 5. The van der Waals surface area contributed by atoms with Gasteiger partial charge in [-0.1, -0.05) is 30.3 Å². The van der Waals surface area contributed by atoms with Crippen molar-refractivity contribution in [1.82, 2.24) is 20.1 Å². The number of amides is 1. The van der Waals surface area contributed by atoms with Crippen molar-refractivity contribution in [2.24, 2.45) is 0 Å². The van der Waals surface area contributed by atoms with Crippen LogP contribution in [0.3, 0.4) is 0 Å². The Kier molecular flexibility index (Phi) is 7.03. The molecule has 1 aliphatic heterocycles. The van der Waals surface area contributed by atoms with Gasteiger partial charge in [-0.15, -0.1) is 10.2 Å². The van der Waals surface area contributed by atoms with E-state index in [-0.39, 0.29) is 11.7 Å². The van der Waals surface area contributed by atoms with Crippen molar-refractivity contribution in [2.45, 2.75) is 50.4 Å². The summed E-state index contributed by atoms with van der Waals surface area (Å²) >= 11 is 1.40. The van der Waals surface area contributed by atoms with Crippen molar-refractivity contribution < 1.29 is 18.3 Å². The van der Waals surface area contributed by atoms with E-state index < -0.39 is 6.61 Å². The first-order chi connectivity index (χ1) is 13.1. The van der Waals surface area contributed by atoms with Gasteiger partial charge >= 0.3 is 6.61 Å². The zero-order valence-electron chi connectivity index (χ0n) is 14.9. The molecule has 0 saturated carbocycles. The number of benzene rings is 1.